The molecular formula is C28H27N9O. The number of anilines is 5. The van der Waals surface area contributed by atoms with Gasteiger partial charge in [0.05, 0.1) is 6.33 Å². The fraction of sp³-hybridized carbons (Fsp3) is 0.179. The van der Waals surface area contributed by atoms with Crippen molar-refractivity contribution in [3.05, 3.63) is 79.3 Å². The molecule has 5 aromatic rings. The van der Waals surface area contributed by atoms with Crippen molar-refractivity contribution in [2.24, 2.45) is 0 Å². The van der Waals surface area contributed by atoms with E-state index in [4.69, 9.17) is 9.97 Å². The summed E-state index contributed by atoms with van der Waals surface area (Å²) in [7, 11) is 0. The second kappa shape index (κ2) is 10.2. The smallest absolute Gasteiger partial charge is 0.229 e. The number of fused-ring (bicyclic) bond motifs is 1. The number of hydrogen-bond acceptors (Lipinski definition) is 8. The van der Waals surface area contributed by atoms with Gasteiger partial charge in [0.1, 0.15) is 17.0 Å². The lowest BCUT2D eigenvalue weighted by molar-refractivity contribution is -0.129. The molecule has 3 N–H and O–H groups in total. The predicted molar refractivity (Wildman–Crippen MR) is 149 cm³/mol. The number of carbonyl (C=O) groups excluding carboxylic acids is 1. The Labute approximate surface area is 219 Å². The Kier molecular flexibility index (Phi) is 6.27. The van der Waals surface area contributed by atoms with Crippen LogP contribution >= 0.6 is 0 Å². The lowest BCUT2D eigenvalue weighted by atomic mass is 10.2. The summed E-state index contributed by atoms with van der Waals surface area (Å²) in [6.45, 7) is 4.54. The van der Waals surface area contributed by atoms with Crippen LogP contribution < -0.4 is 15.5 Å². The lowest BCUT2D eigenvalue weighted by Crippen LogP contribution is -2.48. The number of hydrogen-bond donors (Lipinski definition) is 3. The van der Waals surface area contributed by atoms with Gasteiger partial charge in [-0.05, 0) is 42.5 Å². The van der Waals surface area contributed by atoms with E-state index < -0.39 is 0 Å². The Morgan fingerprint density at radius 3 is 2.34 bits per heavy atom. The molecule has 0 radical (unpaired) electrons. The SMILES string of the molecule is CC(=O)N1CCN(c2ccc(-c3nc(Nc4cccc(Nc5ccccc5)c4)nc4nc[nH]c34)cn2)CC1. The minimum Gasteiger partial charge on any atom is -0.355 e. The number of para-hydroxylation sites is 1. The number of imidazole rings is 1. The number of amides is 1. The van der Waals surface area contributed by atoms with E-state index >= 15 is 0 Å². The van der Waals surface area contributed by atoms with E-state index in [1.54, 1.807) is 13.3 Å². The minimum atomic E-state index is 0.115. The lowest BCUT2D eigenvalue weighted by Gasteiger charge is -2.34. The molecule has 0 atom stereocenters. The highest BCUT2D eigenvalue weighted by Gasteiger charge is 2.20. The van der Waals surface area contributed by atoms with Crippen LogP contribution in [0, 0.1) is 0 Å². The Bertz CT molecular complexity index is 1560. The Hall–Kier alpha value is -4.99. The minimum absolute atomic E-state index is 0.115. The Morgan fingerprint density at radius 1 is 0.842 bits per heavy atom. The second-order valence-electron chi connectivity index (χ2n) is 9.09. The van der Waals surface area contributed by atoms with Crippen molar-refractivity contribution in [2.75, 3.05) is 41.7 Å². The molecule has 0 spiro atoms. The topological polar surface area (TPSA) is 115 Å². The van der Waals surface area contributed by atoms with E-state index in [-0.39, 0.29) is 5.91 Å². The first-order valence-electron chi connectivity index (χ1n) is 12.5. The zero-order chi connectivity index (χ0) is 25.9. The largest absolute Gasteiger partial charge is 0.355 e. The van der Waals surface area contributed by atoms with E-state index in [9.17, 15) is 4.79 Å². The molecule has 190 valence electrons. The molecule has 10 nitrogen and oxygen atoms in total. The average molecular weight is 506 g/mol. The molecule has 0 aliphatic carbocycles. The first kappa shape index (κ1) is 23.4. The normalized spacial score (nSPS) is 13.5. The van der Waals surface area contributed by atoms with Crippen molar-refractivity contribution in [1.29, 1.82) is 0 Å². The van der Waals surface area contributed by atoms with Gasteiger partial charge in [0, 0.05) is 61.9 Å². The third-order valence-corrected chi connectivity index (χ3v) is 6.54. The van der Waals surface area contributed by atoms with Gasteiger partial charge < -0.3 is 25.4 Å². The Morgan fingerprint density at radius 2 is 1.61 bits per heavy atom. The number of aromatic nitrogens is 5. The highest BCUT2D eigenvalue weighted by Crippen LogP contribution is 2.28. The molecule has 1 aliphatic heterocycles. The maximum absolute atomic E-state index is 11.6. The number of nitrogens with zero attached hydrogens (tertiary/aromatic N) is 6. The molecule has 6 rings (SSSR count). The molecular weight excluding hydrogens is 478 g/mol. The number of pyridine rings is 1. The standard InChI is InChI=1S/C28H27N9O/c1-19(38)36-12-14-37(15-13-36)24-11-10-20(17-29-24)25-26-27(31-18-30-26)35-28(34-25)33-23-9-5-8-22(16-23)32-21-6-3-2-4-7-21/h2-11,16-18,32H,12-15H2,1H3,(H2,30,31,33,34,35). The summed E-state index contributed by atoms with van der Waals surface area (Å²) < 4.78 is 0. The van der Waals surface area contributed by atoms with Crippen molar-refractivity contribution in [3.8, 4) is 11.3 Å². The van der Waals surface area contributed by atoms with Crippen molar-refractivity contribution >= 4 is 45.9 Å². The maximum Gasteiger partial charge on any atom is 0.229 e. The number of nitrogens with one attached hydrogen (secondary N) is 3. The quantitative estimate of drug-likeness (QED) is 0.307. The second-order valence-corrected chi connectivity index (χ2v) is 9.09. The average Bonchev–Trinajstić information content (AvgIpc) is 3.42. The molecule has 38 heavy (non-hydrogen) atoms. The fourth-order valence-electron chi connectivity index (χ4n) is 4.55. The van der Waals surface area contributed by atoms with E-state index in [1.165, 1.54) is 0 Å². The van der Waals surface area contributed by atoms with Crippen LogP contribution in [0.4, 0.5) is 28.8 Å². The van der Waals surface area contributed by atoms with Crippen LogP contribution in [-0.2, 0) is 4.79 Å². The zero-order valence-electron chi connectivity index (χ0n) is 20.9. The summed E-state index contributed by atoms with van der Waals surface area (Å²) in [6.07, 6.45) is 3.44. The molecule has 0 bridgehead atoms. The third-order valence-electron chi connectivity index (χ3n) is 6.54. The van der Waals surface area contributed by atoms with E-state index in [0.29, 0.717) is 30.4 Å². The molecule has 0 saturated carbocycles. The monoisotopic (exact) mass is 505 g/mol. The van der Waals surface area contributed by atoms with Crippen LogP contribution in [0.1, 0.15) is 6.92 Å². The molecule has 1 saturated heterocycles. The Balaban J connectivity index is 1.23. The molecule has 1 fully saturated rings. The number of rotatable bonds is 6. The molecule has 1 amide bonds. The van der Waals surface area contributed by atoms with Crippen molar-refractivity contribution < 1.29 is 4.79 Å². The van der Waals surface area contributed by atoms with Crippen LogP contribution in [-0.4, -0.2) is 61.9 Å². The third kappa shape index (κ3) is 4.96. The van der Waals surface area contributed by atoms with Gasteiger partial charge in [-0.1, -0.05) is 24.3 Å². The number of aromatic amines is 1. The highest BCUT2D eigenvalue weighted by molar-refractivity contribution is 5.88. The van der Waals surface area contributed by atoms with Crippen molar-refractivity contribution in [1.82, 2.24) is 29.8 Å². The van der Waals surface area contributed by atoms with Crippen LogP contribution in [0.15, 0.2) is 79.3 Å². The first-order valence-corrected chi connectivity index (χ1v) is 12.5. The fourth-order valence-corrected chi connectivity index (χ4v) is 4.55. The van der Waals surface area contributed by atoms with Gasteiger partial charge in [-0.25, -0.2) is 15.0 Å². The molecule has 3 aromatic heterocycles. The van der Waals surface area contributed by atoms with Crippen molar-refractivity contribution in [2.45, 2.75) is 6.92 Å². The van der Waals surface area contributed by atoms with Crippen LogP contribution in [0.5, 0.6) is 0 Å². The first-order chi connectivity index (χ1) is 18.6. The van der Waals surface area contributed by atoms with Crippen LogP contribution in [0.2, 0.25) is 0 Å². The zero-order valence-corrected chi connectivity index (χ0v) is 20.9. The highest BCUT2D eigenvalue weighted by atomic mass is 16.2. The van der Waals surface area contributed by atoms with E-state index in [0.717, 1.165) is 47.0 Å². The predicted octanol–water partition coefficient (Wildman–Crippen LogP) is 4.57. The summed E-state index contributed by atoms with van der Waals surface area (Å²) in [5.74, 6) is 1.44. The number of carbonyl (C=O) groups is 1. The number of piperazine rings is 1. The van der Waals surface area contributed by atoms with Gasteiger partial charge in [-0.2, -0.15) is 4.98 Å². The van der Waals surface area contributed by atoms with Gasteiger partial charge in [0.25, 0.3) is 0 Å². The maximum atomic E-state index is 11.6. The van der Waals surface area contributed by atoms with Gasteiger partial charge in [-0.3, -0.25) is 4.79 Å². The van der Waals surface area contributed by atoms with Crippen LogP contribution in [0.3, 0.4) is 0 Å². The van der Waals surface area contributed by atoms with Gasteiger partial charge in [0.2, 0.25) is 11.9 Å². The van der Waals surface area contributed by atoms with Gasteiger partial charge in [0.15, 0.2) is 5.65 Å². The molecule has 10 heteroatoms. The summed E-state index contributed by atoms with van der Waals surface area (Å²) in [4.78, 5) is 37.3. The molecule has 2 aromatic carbocycles. The molecule has 1 aliphatic rings. The van der Waals surface area contributed by atoms with E-state index in [2.05, 4.69) is 30.5 Å². The number of benzene rings is 2. The summed E-state index contributed by atoms with van der Waals surface area (Å²) in [5, 5.41) is 6.72. The molecule has 0 unspecified atom stereocenters. The molecule has 4 heterocycles. The van der Waals surface area contributed by atoms with E-state index in [1.807, 2.05) is 77.8 Å². The number of H-pyrrole nitrogens is 1. The van der Waals surface area contributed by atoms with Gasteiger partial charge >= 0.3 is 0 Å². The summed E-state index contributed by atoms with van der Waals surface area (Å²) in [6, 6.07) is 22.0. The van der Waals surface area contributed by atoms with Gasteiger partial charge in [-0.15, -0.1) is 0 Å². The summed E-state index contributed by atoms with van der Waals surface area (Å²) in [5.41, 5.74) is 5.71. The van der Waals surface area contributed by atoms with Crippen LogP contribution in [0.25, 0.3) is 22.4 Å². The van der Waals surface area contributed by atoms with Crippen molar-refractivity contribution in [3.63, 3.8) is 0 Å². The summed E-state index contributed by atoms with van der Waals surface area (Å²) >= 11 is 0.